The molecule has 0 saturated carbocycles. The van der Waals surface area contributed by atoms with Gasteiger partial charge in [0.25, 0.3) is 0 Å². The summed E-state index contributed by atoms with van der Waals surface area (Å²) in [7, 11) is 0. The molecule has 0 N–H and O–H groups in total. The average molecular weight is 908 g/mol. The number of hydrogen-bond acceptors (Lipinski definition) is 8. The molecule has 3 heterocycles. The summed E-state index contributed by atoms with van der Waals surface area (Å²) in [5.41, 5.74) is 12.6. The molecule has 9 aromatic carbocycles. The van der Waals surface area contributed by atoms with Crippen molar-refractivity contribution in [2.45, 2.75) is 0 Å². The zero-order valence-electron chi connectivity index (χ0n) is 37.9. The second-order valence-electron chi connectivity index (χ2n) is 17.0. The van der Waals surface area contributed by atoms with Gasteiger partial charge in [-0.15, -0.1) is 0 Å². The molecule has 0 bridgehead atoms. The first-order valence-corrected chi connectivity index (χ1v) is 23.1. The molecule has 71 heavy (non-hydrogen) atoms. The molecule has 0 radical (unpaired) electrons. The normalized spacial score (nSPS) is 11.1. The van der Waals surface area contributed by atoms with Crippen LogP contribution in [-0.4, -0.2) is 34.5 Å². The highest BCUT2D eigenvalue weighted by Crippen LogP contribution is 2.43. The molecule has 0 unspecified atom stereocenters. The summed E-state index contributed by atoms with van der Waals surface area (Å²) in [5.74, 6) is 3.06. The standard InChI is InChI=1S/C62H37N9/c63-38-40-24-28-42(29-25-40)48-32-34-54-52(36-48)53-37-49(43-30-26-41(39-64)27-31-43)33-35-55(53)71(54)56-50(61-67-57(44-14-5-1-6-15-44)65-58(68-61)45-16-7-2-8-17-45)22-13-23-51(56)62-69-59(46-18-9-3-10-19-46)66-60(70-62)47-20-11-4-12-21-47/h1-37H. The van der Waals surface area contributed by atoms with Gasteiger partial charge in [0.05, 0.1) is 40.0 Å². The van der Waals surface area contributed by atoms with Crippen LogP contribution in [0.25, 0.3) is 118 Å². The van der Waals surface area contributed by atoms with Gasteiger partial charge in [-0.25, -0.2) is 29.9 Å². The van der Waals surface area contributed by atoms with Crippen LogP contribution in [0.3, 0.4) is 0 Å². The van der Waals surface area contributed by atoms with E-state index >= 15 is 0 Å². The summed E-state index contributed by atoms with van der Waals surface area (Å²) in [6.45, 7) is 0. The molecule has 0 aliphatic rings. The Labute approximate surface area is 409 Å². The minimum atomic E-state index is 0.466. The summed E-state index contributed by atoms with van der Waals surface area (Å²) in [6, 6.07) is 78.8. The molecule has 0 saturated heterocycles. The molecule has 9 heteroatoms. The largest absolute Gasteiger partial charge is 0.308 e. The number of nitrogens with zero attached hydrogens (tertiary/aromatic N) is 9. The molecular formula is C62H37N9. The summed E-state index contributed by atoms with van der Waals surface area (Å²) in [4.78, 5) is 31.3. The monoisotopic (exact) mass is 907 g/mol. The molecule has 12 rings (SSSR count). The molecule has 0 spiro atoms. The quantitative estimate of drug-likeness (QED) is 0.140. The van der Waals surface area contributed by atoms with Crippen LogP contribution >= 0.6 is 0 Å². The number of rotatable bonds is 9. The first-order valence-electron chi connectivity index (χ1n) is 23.1. The summed E-state index contributed by atoms with van der Waals surface area (Å²) in [5, 5.41) is 21.2. The van der Waals surface area contributed by atoms with Crippen molar-refractivity contribution >= 4 is 21.8 Å². The second kappa shape index (κ2) is 18.1. The Balaban J connectivity index is 1.19. The van der Waals surface area contributed by atoms with Crippen molar-refractivity contribution in [2.24, 2.45) is 0 Å². The fourth-order valence-corrected chi connectivity index (χ4v) is 9.10. The molecule has 0 amide bonds. The van der Waals surface area contributed by atoms with Gasteiger partial charge in [0.1, 0.15) is 0 Å². The van der Waals surface area contributed by atoms with Gasteiger partial charge in [-0.1, -0.05) is 164 Å². The fourth-order valence-electron chi connectivity index (χ4n) is 9.10. The van der Waals surface area contributed by atoms with E-state index in [9.17, 15) is 10.5 Å². The van der Waals surface area contributed by atoms with Gasteiger partial charge in [-0.3, -0.25) is 0 Å². The van der Waals surface area contributed by atoms with Crippen LogP contribution in [0.4, 0.5) is 0 Å². The molecule has 3 aromatic heterocycles. The van der Waals surface area contributed by atoms with E-state index in [1.165, 1.54) is 0 Å². The minimum Gasteiger partial charge on any atom is -0.308 e. The predicted molar refractivity (Wildman–Crippen MR) is 280 cm³/mol. The Hall–Kier alpha value is -10.2. The van der Waals surface area contributed by atoms with Gasteiger partial charge in [0, 0.05) is 44.2 Å². The minimum absolute atomic E-state index is 0.466. The third kappa shape index (κ3) is 8.02. The molecule has 330 valence electrons. The number of nitriles is 2. The summed E-state index contributed by atoms with van der Waals surface area (Å²) < 4.78 is 2.28. The summed E-state index contributed by atoms with van der Waals surface area (Å²) in [6.07, 6.45) is 0. The first-order chi connectivity index (χ1) is 35.1. The lowest BCUT2D eigenvalue weighted by Crippen LogP contribution is -2.07. The molecule has 0 fully saturated rings. The lowest BCUT2D eigenvalue weighted by molar-refractivity contribution is 1.05. The summed E-state index contributed by atoms with van der Waals surface area (Å²) >= 11 is 0. The first kappa shape index (κ1) is 42.2. The van der Waals surface area contributed by atoms with Crippen LogP contribution in [0, 0.1) is 22.7 Å². The predicted octanol–water partition coefficient (Wildman–Crippen LogP) is 14.2. The molecule has 0 atom stereocenters. The fraction of sp³-hybridized carbons (Fsp3) is 0. The Morgan fingerprint density at radius 2 is 0.592 bits per heavy atom. The molecule has 12 aromatic rings. The van der Waals surface area contributed by atoms with E-state index in [1.54, 1.807) is 0 Å². The Kier molecular flexibility index (Phi) is 10.8. The maximum Gasteiger partial charge on any atom is 0.166 e. The van der Waals surface area contributed by atoms with Crippen molar-refractivity contribution in [3.63, 3.8) is 0 Å². The van der Waals surface area contributed by atoms with Crippen LogP contribution in [0.1, 0.15) is 11.1 Å². The maximum absolute atomic E-state index is 9.63. The van der Waals surface area contributed by atoms with Gasteiger partial charge in [-0.05, 0) is 82.9 Å². The van der Waals surface area contributed by atoms with Crippen molar-refractivity contribution in [3.05, 3.63) is 236 Å². The van der Waals surface area contributed by atoms with Crippen LogP contribution in [0.5, 0.6) is 0 Å². The number of hydrogen-bond donors (Lipinski definition) is 0. The average Bonchev–Trinajstić information content (AvgIpc) is 3.78. The Morgan fingerprint density at radius 3 is 0.915 bits per heavy atom. The van der Waals surface area contributed by atoms with Crippen LogP contribution in [0.15, 0.2) is 224 Å². The highest BCUT2D eigenvalue weighted by Gasteiger charge is 2.25. The molecular weight excluding hydrogens is 871 g/mol. The highest BCUT2D eigenvalue weighted by atomic mass is 15.1. The second-order valence-corrected chi connectivity index (χ2v) is 17.0. The van der Waals surface area contributed by atoms with Crippen molar-refractivity contribution in [2.75, 3.05) is 0 Å². The van der Waals surface area contributed by atoms with Gasteiger partial charge in [0.15, 0.2) is 34.9 Å². The SMILES string of the molecule is N#Cc1ccc(-c2ccc3c(c2)c2cc(-c4ccc(C#N)cc4)ccc2n3-c2c(-c3nc(-c4ccccc4)nc(-c4ccccc4)n3)cccc2-c2nc(-c3ccccc3)nc(-c3ccccc3)n2)cc1. The van der Waals surface area contributed by atoms with E-state index in [2.05, 4.69) is 65.2 Å². The third-order valence-electron chi connectivity index (χ3n) is 12.6. The van der Waals surface area contributed by atoms with Crippen LogP contribution in [0.2, 0.25) is 0 Å². The van der Waals surface area contributed by atoms with E-state index in [4.69, 9.17) is 29.9 Å². The molecule has 0 aliphatic carbocycles. The van der Waals surface area contributed by atoms with Crippen molar-refractivity contribution < 1.29 is 0 Å². The van der Waals surface area contributed by atoms with E-state index < -0.39 is 0 Å². The highest BCUT2D eigenvalue weighted by molar-refractivity contribution is 6.12. The zero-order valence-corrected chi connectivity index (χ0v) is 37.9. The lowest BCUT2D eigenvalue weighted by Gasteiger charge is -2.19. The maximum atomic E-state index is 9.63. The van der Waals surface area contributed by atoms with Gasteiger partial charge in [-0.2, -0.15) is 10.5 Å². The van der Waals surface area contributed by atoms with Gasteiger partial charge >= 0.3 is 0 Å². The topological polar surface area (TPSA) is 130 Å². The smallest absolute Gasteiger partial charge is 0.166 e. The van der Waals surface area contributed by atoms with E-state index in [1.807, 2.05) is 176 Å². The molecule has 0 aliphatic heterocycles. The van der Waals surface area contributed by atoms with Crippen molar-refractivity contribution in [1.82, 2.24) is 34.5 Å². The molecule has 9 nitrogen and oxygen atoms in total. The Bertz CT molecular complexity index is 3650. The van der Waals surface area contributed by atoms with Crippen molar-refractivity contribution in [1.29, 1.82) is 10.5 Å². The van der Waals surface area contributed by atoms with Crippen LogP contribution in [-0.2, 0) is 0 Å². The number of para-hydroxylation sites is 1. The number of aromatic nitrogens is 7. The Morgan fingerprint density at radius 1 is 0.282 bits per heavy atom. The third-order valence-corrected chi connectivity index (χ3v) is 12.6. The number of benzene rings is 9. The number of fused-ring (bicyclic) bond motifs is 3. The lowest BCUT2D eigenvalue weighted by atomic mass is 9.99. The van der Waals surface area contributed by atoms with Gasteiger partial charge < -0.3 is 4.57 Å². The van der Waals surface area contributed by atoms with E-state index in [-0.39, 0.29) is 0 Å². The zero-order chi connectivity index (χ0) is 47.7. The van der Waals surface area contributed by atoms with Crippen molar-refractivity contribution in [3.8, 4) is 108 Å². The van der Waals surface area contributed by atoms with E-state index in [0.29, 0.717) is 46.1 Å². The van der Waals surface area contributed by atoms with Crippen LogP contribution < -0.4 is 0 Å². The van der Waals surface area contributed by atoms with E-state index in [0.717, 1.165) is 83.1 Å². The van der Waals surface area contributed by atoms with Gasteiger partial charge in [0.2, 0.25) is 0 Å².